The topological polar surface area (TPSA) is 9.23 Å². The molecule has 0 aliphatic rings. The molecule has 15 heavy (non-hydrogen) atoms. The fourth-order valence-electron chi connectivity index (χ4n) is 1.28. The van der Waals surface area contributed by atoms with Crippen LogP contribution in [0.3, 0.4) is 0 Å². The summed E-state index contributed by atoms with van der Waals surface area (Å²) < 4.78 is 6.07. The van der Waals surface area contributed by atoms with E-state index < -0.39 is 15.3 Å². The van der Waals surface area contributed by atoms with Gasteiger partial charge in [0.2, 0.25) is 0 Å². The molecule has 0 spiro atoms. The lowest BCUT2D eigenvalue weighted by Crippen LogP contribution is -2.43. The second-order valence-corrected chi connectivity index (χ2v) is 14.3. The first-order valence-electron chi connectivity index (χ1n) is 5.25. The Labute approximate surface area is 105 Å². The summed E-state index contributed by atoms with van der Waals surface area (Å²) in [6.45, 7) is 11.5. The maximum atomic E-state index is 6.48. The summed E-state index contributed by atoms with van der Waals surface area (Å²) >= 11 is 13.0. The van der Waals surface area contributed by atoms with Crippen LogP contribution >= 0.6 is 22.2 Å². The van der Waals surface area contributed by atoms with Gasteiger partial charge in [-0.05, 0) is 24.2 Å². The zero-order valence-electron chi connectivity index (χ0n) is 9.56. The molecule has 0 bridgehead atoms. The highest BCUT2D eigenvalue weighted by atomic mass is 35.6. The van der Waals surface area contributed by atoms with E-state index in [9.17, 15) is 0 Å². The Bertz CT molecular complexity index is 203. The molecular weight excluding hydrogens is 263 g/mol. The first-order chi connectivity index (χ1) is 6.95. The third kappa shape index (κ3) is 5.36. The van der Waals surface area contributed by atoms with Crippen LogP contribution in [-0.4, -0.2) is 15.3 Å². The van der Waals surface area contributed by atoms with Crippen molar-refractivity contribution in [3.63, 3.8) is 0 Å². The van der Waals surface area contributed by atoms with Crippen molar-refractivity contribution in [2.45, 2.75) is 38.0 Å². The molecule has 0 heterocycles. The first kappa shape index (κ1) is 15.5. The molecule has 5 heteroatoms. The van der Waals surface area contributed by atoms with Crippen molar-refractivity contribution in [2.24, 2.45) is 0 Å². The summed E-state index contributed by atoms with van der Waals surface area (Å²) in [5, 5.41) is 0. The van der Waals surface area contributed by atoms with Crippen LogP contribution in [0.5, 0.6) is 0 Å². The van der Waals surface area contributed by atoms with Crippen LogP contribution in [0, 0.1) is 0 Å². The molecule has 0 saturated heterocycles. The Balaban J connectivity index is 4.60. The third-order valence-corrected chi connectivity index (χ3v) is 13.1. The van der Waals surface area contributed by atoms with Gasteiger partial charge in [0.25, 0.3) is 15.3 Å². The number of hydrogen-bond donors (Lipinski definition) is 0. The molecule has 0 aromatic carbocycles. The molecule has 0 saturated carbocycles. The molecule has 0 aliphatic heterocycles. The van der Waals surface area contributed by atoms with Gasteiger partial charge >= 0.3 is 0 Å². The molecule has 88 valence electrons. The Morgan fingerprint density at radius 1 is 1.00 bits per heavy atom. The predicted molar refractivity (Wildman–Crippen MR) is 75.3 cm³/mol. The highest BCUT2D eigenvalue weighted by molar-refractivity contribution is 7.26. The van der Waals surface area contributed by atoms with E-state index in [1.807, 2.05) is 12.2 Å². The number of rotatable bonds is 8. The average molecular weight is 283 g/mol. The monoisotopic (exact) mass is 282 g/mol. The van der Waals surface area contributed by atoms with Crippen molar-refractivity contribution < 1.29 is 4.12 Å². The van der Waals surface area contributed by atoms with E-state index in [4.69, 9.17) is 26.3 Å². The van der Waals surface area contributed by atoms with E-state index >= 15 is 0 Å². The summed E-state index contributed by atoms with van der Waals surface area (Å²) in [5.74, 6) is 0. The van der Waals surface area contributed by atoms with E-state index in [-0.39, 0.29) is 0 Å². The molecule has 2 unspecified atom stereocenters. The second-order valence-electron chi connectivity index (χ2n) is 3.56. The zero-order valence-corrected chi connectivity index (χ0v) is 13.1. The van der Waals surface area contributed by atoms with Crippen molar-refractivity contribution in [1.29, 1.82) is 0 Å². The van der Waals surface area contributed by atoms with Crippen LogP contribution in [0.15, 0.2) is 25.3 Å². The van der Waals surface area contributed by atoms with Crippen molar-refractivity contribution in [1.82, 2.24) is 0 Å². The van der Waals surface area contributed by atoms with E-state index in [0.717, 1.165) is 24.2 Å². The maximum Gasteiger partial charge on any atom is 0.284 e. The van der Waals surface area contributed by atoms with Crippen molar-refractivity contribution in [3.05, 3.63) is 25.3 Å². The van der Waals surface area contributed by atoms with Gasteiger partial charge in [-0.15, -0.1) is 35.3 Å². The van der Waals surface area contributed by atoms with Gasteiger partial charge < -0.3 is 4.12 Å². The lowest BCUT2D eigenvalue weighted by molar-refractivity contribution is 0.562. The summed E-state index contributed by atoms with van der Waals surface area (Å²) in [6.07, 6.45) is 3.66. The molecule has 2 atom stereocenters. The van der Waals surface area contributed by atoms with Crippen LogP contribution in [0.4, 0.5) is 0 Å². The average Bonchev–Trinajstić information content (AvgIpc) is 2.18. The molecule has 0 aromatic rings. The number of allylic oxidation sites excluding steroid dienone is 2. The Kier molecular flexibility index (Phi) is 7.12. The minimum atomic E-state index is -2.18. The van der Waals surface area contributed by atoms with Gasteiger partial charge in [-0.25, -0.2) is 0 Å². The maximum absolute atomic E-state index is 6.48. The summed E-state index contributed by atoms with van der Waals surface area (Å²) in [5.41, 5.74) is 0. The molecule has 0 fully saturated rings. The Hall–Kier alpha value is 0.454. The minimum Gasteiger partial charge on any atom is -0.432 e. The Morgan fingerprint density at radius 3 is 1.53 bits per heavy atom. The van der Waals surface area contributed by atoms with Gasteiger partial charge in [0, 0.05) is 0 Å². The lowest BCUT2D eigenvalue weighted by atomic mass is 10.8. The van der Waals surface area contributed by atoms with E-state index in [1.165, 1.54) is 0 Å². The third-order valence-electron chi connectivity index (χ3n) is 2.32. The minimum absolute atomic E-state index is 0.754. The highest BCUT2D eigenvalue weighted by Gasteiger charge is 2.40. The normalized spacial score (nSPS) is 18.9. The van der Waals surface area contributed by atoms with Gasteiger partial charge in [0.1, 0.15) is 0 Å². The second kappa shape index (κ2) is 6.91. The molecule has 0 rings (SSSR count). The first-order valence-corrected chi connectivity index (χ1v) is 11.9. The molecule has 0 aromatic heterocycles. The zero-order chi connectivity index (χ0) is 11.9. The van der Waals surface area contributed by atoms with Crippen molar-refractivity contribution >= 4 is 37.4 Å². The number of hydrogen-bond acceptors (Lipinski definition) is 1. The fourth-order valence-corrected chi connectivity index (χ4v) is 10.8. The summed E-state index contributed by atoms with van der Waals surface area (Å²) in [6, 6.07) is 3.23. The van der Waals surface area contributed by atoms with Crippen LogP contribution in [0.1, 0.15) is 13.8 Å². The smallest absolute Gasteiger partial charge is 0.284 e. The van der Waals surface area contributed by atoms with E-state index in [2.05, 4.69) is 27.0 Å². The van der Waals surface area contributed by atoms with Gasteiger partial charge in [0.05, 0.1) is 0 Å². The van der Waals surface area contributed by atoms with Crippen LogP contribution in [-0.2, 0) is 4.12 Å². The van der Waals surface area contributed by atoms with Crippen LogP contribution < -0.4 is 0 Å². The standard InChI is InChI=1S/C10H20Cl2OSi2/c1-5-9-14(11,7-3)13-15(12,8-4)10-6-2/h5-6H,1-2,7-10H2,3-4H3. The van der Waals surface area contributed by atoms with Crippen molar-refractivity contribution in [3.8, 4) is 0 Å². The van der Waals surface area contributed by atoms with Crippen LogP contribution in [0.25, 0.3) is 0 Å². The SMILES string of the molecule is C=CC[Si](Cl)(CC)O[Si](Cl)(CC)CC=C. The largest absolute Gasteiger partial charge is 0.432 e. The van der Waals surface area contributed by atoms with Gasteiger partial charge in [-0.2, -0.15) is 0 Å². The molecule has 0 amide bonds. The molecular formula is C10H20Cl2OSi2. The summed E-state index contributed by atoms with van der Waals surface area (Å²) in [4.78, 5) is 0. The molecule has 0 aliphatic carbocycles. The van der Waals surface area contributed by atoms with E-state index in [0.29, 0.717) is 0 Å². The van der Waals surface area contributed by atoms with Gasteiger partial charge in [-0.1, -0.05) is 26.0 Å². The van der Waals surface area contributed by atoms with Crippen molar-refractivity contribution in [2.75, 3.05) is 0 Å². The van der Waals surface area contributed by atoms with Gasteiger partial charge in [0.15, 0.2) is 0 Å². The highest BCUT2D eigenvalue weighted by Crippen LogP contribution is 2.32. The molecule has 1 nitrogen and oxygen atoms in total. The molecule has 0 N–H and O–H groups in total. The summed E-state index contributed by atoms with van der Waals surface area (Å²) in [7, 11) is -4.36. The van der Waals surface area contributed by atoms with E-state index in [1.54, 1.807) is 0 Å². The predicted octanol–water partition coefficient (Wildman–Crippen LogP) is 4.78. The lowest BCUT2D eigenvalue weighted by Gasteiger charge is -2.32. The number of halogens is 2. The Morgan fingerprint density at radius 2 is 1.33 bits per heavy atom. The fraction of sp³-hybridized carbons (Fsp3) is 0.600. The quantitative estimate of drug-likeness (QED) is 0.354. The van der Waals surface area contributed by atoms with Crippen LogP contribution in [0.2, 0.25) is 24.2 Å². The van der Waals surface area contributed by atoms with Gasteiger partial charge in [-0.3, -0.25) is 0 Å². The molecule has 0 radical (unpaired) electrons.